The Balaban J connectivity index is 1.50. The molecule has 0 atom stereocenters. The van der Waals surface area contributed by atoms with Gasteiger partial charge in [-0.15, -0.1) is 0 Å². The Labute approximate surface area is 181 Å². The molecule has 0 aliphatic rings. The fourth-order valence-corrected chi connectivity index (χ4v) is 3.30. The van der Waals surface area contributed by atoms with Crippen LogP contribution in [0.1, 0.15) is 6.92 Å². The maximum atomic E-state index is 14.0. The van der Waals surface area contributed by atoms with Crippen LogP contribution in [-0.4, -0.2) is 5.97 Å². The Morgan fingerprint density at radius 2 is 1.10 bits per heavy atom. The predicted molar refractivity (Wildman–Crippen MR) is 123 cm³/mol. The summed E-state index contributed by atoms with van der Waals surface area (Å²) in [5.41, 5.74) is 6.04. The van der Waals surface area contributed by atoms with Crippen LogP contribution < -0.4 is 4.74 Å². The number of hydrogen-bond donors (Lipinski definition) is 0. The lowest BCUT2D eigenvalue weighted by Crippen LogP contribution is -2.07. The molecule has 0 saturated heterocycles. The van der Waals surface area contributed by atoms with Crippen LogP contribution >= 0.6 is 0 Å². The highest BCUT2D eigenvalue weighted by Crippen LogP contribution is 2.29. The van der Waals surface area contributed by atoms with E-state index in [-0.39, 0.29) is 5.82 Å². The van der Waals surface area contributed by atoms with E-state index in [1.165, 1.54) is 6.07 Å². The molecule has 0 aromatic heterocycles. The molecule has 0 radical (unpaired) electrons. The van der Waals surface area contributed by atoms with Crippen LogP contribution in [0.3, 0.4) is 0 Å². The number of carbonyl (C=O) groups excluding carboxylic acids is 1. The number of hydrogen-bond acceptors (Lipinski definition) is 2. The van der Waals surface area contributed by atoms with Crippen LogP contribution in [0.2, 0.25) is 0 Å². The van der Waals surface area contributed by atoms with Gasteiger partial charge in [0.15, 0.2) is 0 Å². The van der Waals surface area contributed by atoms with Gasteiger partial charge in [0, 0.05) is 11.1 Å². The van der Waals surface area contributed by atoms with Crippen LogP contribution in [0.15, 0.2) is 109 Å². The van der Waals surface area contributed by atoms with Crippen molar-refractivity contribution in [2.24, 2.45) is 0 Å². The second-order valence-electron chi connectivity index (χ2n) is 7.33. The summed E-state index contributed by atoms with van der Waals surface area (Å²) in [6.07, 6.45) is 0. The highest BCUT2D eigenvalue weighted by molar-refractivity contribution is 5.88. The molecule has 0 N–H and O–H groups in total. The molecule has 0 saturated carbocycles. The molecule has 0 spiro atoms. The minimum absolute atomic E-state index is 0.222. The van der Waals surface area contributed by atoms with Gasteiger partial charge in [-0.2, -0.15) is 0 Å². The third-order valence-electron chi connectivity index (χ3n) is 5.03. The minimum atomic E-state index is -0.432. The van der Waals surface area contributed by atoms with Crippen molar-refractivity contribution in [3.63, 3.8) is 0 Å². The Kier molecular flexibility index (Phi) is 5.76. The molecule has 0 aliphatic heterocycles. The molecule has 0 unspecified atom stereocenters. The van der Waals surface area contributed by atoms with Gasteiger partial charge in [0.2, 0.25) is 0 Å². The van der Waals surface area contributed by atoms with E-state index in [2.05, 4.69) is 30.8 Å². The predicted octanol–water partition coefficient (Wildman–Crippen LogP) is 7.31. The van der Waals surface area contributed by atoms with Gasteiger partial charge in [-0.05, 0) is 52.9 Å². The van der Waals surface area contributed by atoms with E-state index in [0.717, 1.165) is 27.8 Å². The summed E-state index contributed by atoms with van der Waals surface area (Å²) >= 11 is 0. The fraction of sp³-hybridized carbons (Fsp3) is 0.0357. The summed E-state index contributed by atoms with van der Waals surface area (Å²) in [5.74, 6) is -0.165. The van der Waals surface area contributed by atoms with Gasteiger partial charge in [-0.25, -0.2) is 9.18 Å². The van der Waals surface area contributed by atoms with E-state index in [1.54, 1.807) is 31.2 Å². The summed E-state index contributed by atoms with van der Waals surface area (Å²) < 4.78 is 19.2. The molecule has 152 valence electrons. The third-order valence-corrected chi connectivity index (χ3v) is 5.03. The molecule has 0 aliphatic carbocycles. The maximum Gasteiger partial charge on any atom is 0.338 e. The maximum absolute atomic E-state index is 14.0. The zero-order valence-corrected chi connectivity index (χ0v) is 17.1. The summed E-state index contributed by atoms with van der Waals surface area (Å²) in [6, 6.07) is 30.2. The quantitative estimate of drug-likeness (QED) is 0.197. The molecule has 0 heterocycles. The van der Waals surface area contributed by atoms with Crippen molar-refractivity contribution in [1.29, 1.82) is 0 Å². The summed E-state index contributed by atoms with van der Waals surface area (Å²) in [4.78, 5) is 11.6. The van der Waals surface area contributed by atoms with Crippen LogP contribution in [0.25, 0.3) is 33.4 Å². The molecular formula is C28H21FO2. The molecule has 0 bridgehead atoms. The summed E-state index contributed by atoms with van der Waals surface area (Å²) in [5, 5.41) is 0. The fourth-order valence-electron chi connectivity index (χ4n) is 3.30. The standard InChI is InChI=1S/C28H21FO2/c1-19(2)28(30)31-25-17-15-23(16-18-25)21-9-7-20(8-10-21)22-11-13-24(14-12-22)26-5-3-4-6-27(26)29/h3-18H,1H2,2H3. The van der Waals surface area contributed by atoms with Gasteiger partial charge in [-0.3, -0.25) is 0 Å². The smallest absolute Gasteiger partial charge is 0.338 e. The van der Waals surface area contributed by atoms with E-state index in [4.69, 9.17) is 4.74 Å². The van der Waals surface area contributed by atoms with Gasteiger partial charge in [0.05, 0.1) is 0 Å². The largest absolute Gasteiger partial charge is 0.423 e. The number of halogens is 1. The topological polar surface area (TPSA) is 26.3 Å². The van der Waals surface area contributed by atoms with Crippen molar-refractivity contribution in [3.8, 4) is 39.1 Å². The number of esters is 1. The van der Waals surface area contributed by atoms with Crippen molar-refractivity contribution in [2.45, 2.75) is 6.92 Å². The molecule has 4 aromatic rings. The van der Waals surface area contributed by atoms with Gasteiger partial charge in [-0.1, -0.05) is 85.4 Å². The zero-order chi connectivity index (χ0) is 21.8. The monoisotopic (exact) mass is 408 g/mol. The molecule has 2 nitrogen and oxygen atoms in total. The minimum Gasteiger partial charge on any atom is -0.423 e. The lowest BCUT2D eigenvalue weighted by atomic mass is 9.98. The van der Waals surface area contributed by atoms with Crippen LogP contribution in [0.5, 0.6) is 5.75 Å². The molecule has 4 rings (SSSR count). The number of ether oxygens (including phenoxy) is 1. The van der Waals surface area contributed by atoms with Crippen LogP contribution in [0, 0.1) is 5.82 Å². The van der Waals surface area contributed by atoms with Crippen molar-refractivity contribution >= 4 is 5.97 Å². The van der Waals surface area contributed by atoms with E-state index in [0.29, 0.717) is 16.9 Å². The second-order valence-corrected chi connectivity index (χ2v) is 7.33. The zero-order valence-electron chi connectivity index (χ0n) is 17.1. The van der Waals surface area contributed by atoms with E-state index >= 15 is 0 Å². The van der Waals surface area contributed by atoms with Crippen molar-refractivity contribution in [3.05, 3.63) is 115 Å². The van der Waals surface area contributed by atoms with Gasteiger partial charge >= 0.3 is 5.97 Å². The Bertz CT molecular complexity index is 1220. The number of rotatable bonds is 5. The third kappa shape index (κ3) is 4.62. The first-order valence-corrected chi connectivity index (χ1v) is 9.95. The van der Waals surface area contributed by atoms with Crippen LogP contribution in [-0.2, 0) is 4.79 Å². The second kappa shape index (κ2) is 8.80. The molecule has 4 aromatic carbocycles. The molecule has 0 amide bonds. The van der Waals surface area contributed by atoms with Gasteiger partial charge < -0.3 is 4.74 Å². The average Bonchev–Trinajstić information content (AvgIpc) is 2.80. The number of carbonyl (C=O) groups is 1. The SMILES string of the molecule is C=C(C)C(=O)Oc1ccc(-c2ccc(-c3ccc(-c4ccccc4F)cc3)cc2)cc1. The van der Waals surface area contributed by atoms with E-state index < -0.39 is 5.97 Å². The van der Waals surface area contributed by atoms with Gasteiger partial charge in [0.1, 0.15) is 11.6 Å². The van der Waals surface area contributed by atoms with E-state index in [9.17, 15) is 9.18 Å². The molecule has 31 heavy (non-hydrogen) atoms. The Morgan fingerprint density at radius 1 is 0.677 bits per heavy atom. The summed E-state index contributed by atoms with van der Waals surface area (Å²) in [7, 11) is 0. The first-order chi connectivity index (χ1) is 15.0. The molecular weight excluding hydrogens is 387 g/mol. The highest BCUT2D eigenvalue weighted by Gasteiger charge is 2.07. The normalized spacial score (nSPS) is 10.5. The van der Waals surface area contributed by atoms with E-state index in [1.807, 2.05) is 42.5 Å². The summed E-state index contributed by atoms with van der Waals surface area (Å²) in [6.45, 7) is 5.20. The first-order valence-electron chi connectivity index (χ1n) is 9.95. The van der Waals surface area contributed by atoms with Gasteiger partial charge in [0.25, 0.3) is 0 Å². The first kappa shape index (κ1) is 20.3. The Morgan fingerprint density at radius 3 is 1.55 bits per heavy atom. The highest BCUT2D eigenvalue weighted by atomic mass is 19.1. The number of benzene rings is 4. The molecule has 0 fully saturated rings. The van der Waals surface area contributed by atoms with Crippen molar-refractivity contribution in [1.82, 2.24) is 0 Å². The van der Waals surface area contributed by atoms with Crippen LogP contribution in [0.4, 0.5) is 4.39 Å². The lowest BCUT2D eigenvalue weighted by Gasteiger charge is -2.08. The van der Waals surface area contributed by atoms with Crippen molar-refractivity contribution < 1.29 is 13.9 Å². The average molecular weight is 408 g/mol. The van der Waals surface area contributed by atoms with Crippen molar-refractivity contribution in [2.75, 3.05) is 0 Å². The Hall–Kier alpha value is -3.98. The lowest BCUT2D eigenvalue weighted by molar-refractivity contribution is -0.130. The molecule has 3 heteroatoms.